The number of nitrogens with one attached hydrogen (secondary N) is 1. The standard InChI is InChI=1S/C12H18N4O2/c1-8(7-17)15-3-2-9-4-10(11-5-13-11)14-16(9)6-12(15)18/h4,8,11,13,17H,2-3,5-7H2,1H3. The molecule has 0 bridgehead atoms. The molecule has 98 valence electrons. The molecule has 6 heteroatoms. The Morgan fingerprint density at radius 1 is 1.67 bits per heavy atom. The van der Waals surface area contributed by atoms with Crippen molar-refractivity contribution in [2.45, 2.75) is 32.0 Å². The topological polar surface area (TPSA) is 80.3 Å². The van der Waals surface area contributed by atoms with Gasteiger partial charge in [-0.05, 0) is 13.0 Å². The molecule has 2 unspecified atom stereocenters. The number of aliphatic hydroxyl groups is 1. The Kier molecular flexibility index (Phi) is 2.83. The summed E-state index contributed by atoms with van der Waals surface area (Å²) >= 11 is 0. The van der Waals surface area contributed by atoms with Crippen LogP contribution in [0, 0.1) is 0 Å². The number of aromatic nitrogens is 2. The number of amides is 1. The summed E-state index contributed by atoms with van der Waals surface area (Å²) in [4.78, 5) is 13.9. The van der Waals surface area contributed by atoms with Crippen LogP contribution < -0.4 is 5.32 Å². The zero-order valence-electron chi connectivity index (χ0n) is 10.5. The van der Waals surface area contributed by atoms with Crippen molar-refractivity contribution in [3.8, 4) is 0 Å². The molecular weight excluding hydrogens is 232 g/mol. The molecule has 3 heterocycles. The first kappa shape index (κ1) is 11.7. The van der Waals surface area contributed by atoms with Gasteiger partial charge in [0.05, 0.1) is 24.4 Å². The number of hydrogen-bond donors (Lipinski definition) is 2. The zero-order valence-corrected chi connectivity index (χ0v) is 10.5. The Morgan fingerprint density at radius 3 is 3.11 bits per heavy atom. The lowest BCUT2D eigenvalue weighted by molar-refractivity contribution is -0.134. The fourth-order valence-electron chi connectivity index (χ4n) is 2.40. The molecule has 0 spiro atoms. The SMILES string of the molecule is CC(CO)N1CCc2cc(C3CN3)nn2CC1=O. The van der Waals surface area contributed by atoms with Gasteiger partial charge >= 0.3 is 0 Å². The molecule has 1 amide bonds. The molecule has 1 aromatic rings. The molecule has 0 aromatic carbocycles. The average molecular weight is 250 g/mol. The minimum Gasteiger partial charge on any atom is -0.394 e. The van der Waals surface area contributed by atoms with E-state index in [2.05, 4.69) is 16.5 Å². The summed E-state index contributed by atoms with van der Waals surface area (Å²) in [5, 5.41) is 16.9. The first-order chi connectivity index (χ1) is 8.69. The molecule has 0 saturated carbocycles. The van der Waals surface area contributed by atoms with Crippen LogP contribution in [0.5, 0.6) is 0 Å². The first-order valence-electron chi connectivity index (χ1n) is 6.39. The zero-order chi connectivity index (χ0) is 12.7. The summed E-state index contributed by atoms with van der Waals surface area (Å²) < 4.78 is 1.81. The van der Waals surface area contributed by atoms with E-state index < -0.39 is 0 Å². The van der Waals surface area contributed by atoms with Gasteiger partial charge in [0.15, 0.2) is 0 Å². The predicted octanol–water partition coefficient (Wildman–Crippen LogP) is -0.707. The van der Waals surface area contributed by atoms with Crippen LogP contribution >= 0.6 is 0 Å². The van der Waals surface area contributed by atoms with E-state index >= 15 is 0 Å². The number of carbonyl (C=O) groups excluding carboxylic acids is 1. The minimum absolute atomic E-state index is 0.00526. The van der Waals surface area contributed by atoms with Gasteiger partial charge in [-0.25, -0.2) is 0 Å². The van der Waals surface area contributed by atoms with Gasteiger partial charge in [0, 0.05) is 25.2 Å². The van der Waals surface area contributed by atoms with Gasteiger partial charge in [-0.2, -0.15) is 5.10 Å². The fourth-order valence-corrected chi connectivity index (χ4v) is 2.40. The number of rotatable bonds is 3. The molecular formula is C12H18N4O2. The van der Waals surface area contributed by atoms with Crippen molar-refractivity contribution in [1.82, 2.24) is 20.0 Å². The van der Waals surface area contributed by atoms with Crippen molar-refractivity contribution in [2.75, 3.05) is 19.7 Å². The van der Waals surface area contributed by atoms with Gasteiger partial charge in [-0.15, -0.1) is 0 Å². The van der Waals surface area contributed by atoms with Gasteiger partial charge in [0.1, 0.15) is 6.54 Å². The van der Waals surface area contributed by atoms with E-state index in [1.54, 1.807) is 4.90 Å². The largest absolute Gasteiger partial charge is 0.394 e. The molecule has 0 radical (unpaired) electrons. The average Bonchev–Trinajstić information content (AvgIpc) is 3.15. The Bertz CT molecular complexity index is 467. The molecule has 0 aliphatic carbocycles. The minimum atomic E-state index is -0.119. The predicted molar refractivity (Wildman–Crippen MR) is 64.9 cm³/mol. The van der Waals surface area contributed by atoms with Crippen LogP contribution in [0.3, 0.4) is 0 Å². The summed E-state index contributed by atoms with van der Waals surface area (Å²) in [7, 11) is 0. The molecule has 1 aromatic heterocycles. The van der Waals surface area contributed by atoms with Gasteiger partial charge in [0.2, 0.25) is 5.91 Å². The third-order valence-electron chi connectivity index (χ3n) is 3.66. The smallest absolute Gasteiger partial charge is 0.244 e. The van der Waals surface area contributed by atoms with Gasteiger partial charge in [-0.3, -0.25) is 9.48 Å². The highest BCUT2D eigenvalue weighted by molar-refractivity contribution is 5.76. The van der Waals surface area contributed by atoms with Crippen molar-refractivity contribution in [1.29, 1.82) is 0 Å². The summed E-state index contributed by atoms with van der Waals surface area (Å²) in [6.07, 6.45) is 0.801. The lowest BCUT2D eigenvalue weighted by Gasteiger charge is -2.25. The lowest BCUT2D eigenvalue weighted by Crippen LogP contribution is -2.42. The Morgan fingerprint density at radius 2 is 2.44 bits per heavy atom. The highest BCUT2D eigenvalue weighted by Crippen LogP contribution is 2.22. The Balaban J connectivity index is 1.80. The third kappa shape index (κ3) is 2.02. The second-order valence-electron chi connectivity index (χ2n) is 5.05. The molecule has 2 aliphatic rings. The summed E-state index contributed by atoms with van der Waals surface area (Å²) in [5.41, 5.74) is 2.15. The molecule has 2 N–H and O–H groups in total. The summed E-state index contributed by atoms with van der Waals surface area (Å²) in [5.74, 6) is 0.0358. The Labute approximate surface area is 106 Å². The number of hydrogen-bond acceptors (Lipinski definition) is 4. The maximum absolute atomic E-state index is 12.1. The van der Waals surface area contributed by atoms with E-state index in [9.17, 15) is 4.79 Å². The van der Waals surface area contributed by atoms with E-state index in [0.29, 0.717) is 12.6 Å². The number of carbonyl (C=O) groups is 1. The molecule has 1 fully saturated rings. The van der Waals surface area contributed by atoms with Gasteiger partial charge in [-0.1, -0.05) is 0 Å². The molecule has 2 aliphatic heterocycles. The van der Waals surface area contributed by atoms with Crippen molar-refractivity contribution >= 4 is 5.91 Å². The highest BCUT2D eigenvalue weighted by atomic mass is 16.3. The number of nitrogens with zero attached hydrogens (tertiary/aromatic N) is 3. The van der Waals surface area contributed by atoms with Crippen LogP contribution in [0.2, 0.25) is 0 Å². The van der Waals surface area contributed by atoms with Crippen LogP contribution in [0.15, 0.2) is 6.07 Å². The van der Waals surface area contributed by atoms with E-state index in [4.69, 9.17) is 5.11 Å². The van der Waals surface area contributed by atoms with Crippen molar-refractivity contribution in [3.63, 3.8) is 0 Å². The quantitative estimate of drug-likeness (QED) is 0.695. The fraction of sp³-hybridized carbons (Fsp3) is 0.667. The lowest BCUT2D eigenvalue weighted by atomic mass is 10.2. The van der Waals surface area contributed by atoms with Crippen molar-refractivity contribution in [2.24, 2.45) is 0 Å². The monoisotopic (exact) mass is 250 g/mol. The molecule has 2 atom stereocenters. The van der Waals surface area contributed by atoms with Crippen LogP contribution in [0.4, 0.5) is 0 Å². The van der Waals surface area contributed by atoms with Gasteiger partial charge < -0.3 is 15.3 Å². The Hall–Kier alpha value is -1.40. The first-order valence-corrected chi connectivity index (χ1v) is 6.39. The van der Waals surface area contributed by atoms with Crippen LogP contribution in [-0.4, -0.2) is 51.4 Å². The second kappa shape index (κ2) is 4.37. The van der Waals surface area contributed by atoms with Crippen LogP contribution in [0.25, 0.3) is 0 Å². The number of aliphatic hydroxyl groups excluding tert-OH is 1. The van der Waals surface area contributed by atoms with Gasteiger partial charge in [0.25, 0.3) is 0 Å². The van der Waals surface area contributed by atoms with Crippen molar-refractivity contribution in [3.05, 3.63) is 17.5 Å². The number of fused-ring (bicyclic) bond motifs is 1. The second-order valence-corrected chi connectivity index (χ2v) is 5.05. The molecule has 3 rings (SSSR count). The molecule has 1 saturated heterocycles. The highest BCUT2D eigenvalue weighted by Gasteiger charge is 2.29. The molecule has 18 heavy (non-hydrogen) atoms. The van der Waals surface area contributed by atoms with Crippen LogP contribution in [0.1, 0.15) is 24.4 Å². The van der Waals surface area contributed by atoms with E-state index in [1.807, 2.05) is 11.6 Å². The normalized spacial score (nSPS) is 24.7. The maximum atomic E-state index is 12.1. The van der Waals surface area contributed by atoms with E-state index in [-0.39, 0.29) is 25.1 Å². The van der Waals surface area contributed by atoms with E-state index in [0.717, 1.165) is 24.4 Å². The maximum Gasteiger partial charge on any atom is 0.244 e. The third-order valence-corrected chi connectivity index (χ3v) is 3.66. The van der Waals surface area contributed by atoms with E-state index in [1.165, 1.54) is 0 Å². The van der Waals surface area contributed by atoms with Crippen LogP contribution in [-0.2, 0) is 17.8 Å². The summed E-state index contributed by atoms with van der Waals surface area (Å²) in [6.45, 7) is 3.80. The summed E-state index contributed by atoms with van der Waals surface area (Å²) in [6, 6.07) is 2.35. The molecule has 6 nitrogen and oxygen atoms in total. The van der Waals surface area contributed by atoms with Crippen molar-refractivity contribution < 1.29 is 9.90 Å².